The third-order valence-corrected chi connectivity index (χ3v) is 3.84. The average molecular weight is 235 g/mol. The van der Waals surface area contributed by atoms with Gasteiger partial charge in [-0.05, 0) is 18.3 Å². The molecule has 90 valence electrons. The van der Waals surface area contributed by atoms with E-state index in [1.54, 1.807) is 6.08 Å². The first kappa shape index (κ1) is 11.8. The van der Waals surface area contributed by atoms with Crippen molar-refractivity contribution < 1.29 is 9.55 Å². The highest BCUT2D eigenvalue weighted by Crippen LogP contribution is 2.38. The minimum absolute atomic E-state index is 0.0481. The Morgan fingerprint density at radius 3 is 2.76 bits per heavy atom. The van der Waals surface area contributed by atoms with Crippen LogP contribution >= 0.6 is 0 Å². The van der Waals surface area contributed by atoms with Crippen LogP contribution in [0.5, 0.6) is 0 Å². The van der Waals surface area contributed by atoms with Crippen LogP contribution in [0.1, 0.15) is 20.3 Å². The van der Waals surface area contributed by atoms with Gasteiger partial charge in [0.05, 0.1) is 16.8 Å². The molecule has 0 aromatic rings. The first-order valence-electron chi connectivity index (χ1n) is 5.78. The van der Waals surface area contributed by atoms with Crippen molar-refractivity contribution in [2.24, 2.45) is 22.9 Å². The van der Waals surface area contributed by atoms with Gasteiger partial charge >= 0.3 is 11.9 Å². The largest absolute Gasteiger partial charge is 0.362 e. The van der Waals surface area contributed by atoms with Crippen molar-refractivity contribution in [3.05, 3.63) is 33.7 Å². The van der Waals surface area contributed by atoms with Crippen LogP contribution in [-0.4, -0.2) is 16.7 Å². The molecule has 1 amide bonds. The fourth-order valence-corrected chi connectivity index (χ4v) is 2.42. The average Bonchev–Trinajstić information content (AvgIpc) is 2.32. The zero-order valence-corrected chi connectivity index (χ0v) is 9.87. The number of carbonyl (C=O) groups excluding carboxylic acids is 1. The number of carbonyl (C=O) groups is 1. The third kappa shape index (κ3) is 1.85. The van der Waals surface area contributed by atoms with Crippen molar-refractivity contribution in [1.82, 2.24) is 0 Å². The van der Waals surface area contributed by atoms with E-state index in [1.807, 2.05) is 6.08 Å². The molecule has 5 heteroatoms. The molecule has 0 fully saturated rings. The monoisotopic (exact) mass is 235 g/mol. The fraction of sp³-hybridized carbons (Fsp3) is 0.583. The molecule has 1 aliphatic heterocycles. The zero-order chi connectivity index (χ0) is 12.6. The quantitative estimate of drug-likeness (QED) is 0.418. The molecule has 0 spiro atoms. The Morgan fingerprint density at radius 1 is 1.47 bits per heavy atom. The second-order valence-electron chi connectivity index (χ2n) is 4.82. The Morgan fingerprint density at radius 2 is 2.18 bits per heavy atom. The van der Waals surface area contributed by atoms with Crippen molar-refractivity contribution in [2.75, 3.05) is 0 Å². The van der Waals surface area contributed by atoms with Gasteiger partial charge in [0, 0.05) is 10.1 Å². The topological polar surface area (TPSA) is 66.6 Å². The van der Waals surface area contributed by atoms with Gasteiger partial charge in [0.1, 0.15) is 0 Å². The summed E-state index contributed by atoms with van der Waals surface area (Å²) in [5.74, 6) is 0.0115. The Labute approximate surface area is 99.1 Å². The molecule has 0 N–H and O–H groups in total. The number of nitroso groups, excluding NO2 is 2. The maximum absolute atomic E-state index is 11.7. The molecule has 0 bridgehead atoms. The minimum Gasteiger partial charge on any atom is -0.261 e. The van der Waals surface area contributed by atoms with E-state index in [1.165, 1.54) is 0 Å². The van der Waals surface area contributed by atoms with E-state index >= 15 is 0 Å². The zero-order valence-electron chi connectivity index (χ0n) is 9.87. The predicted molar refractivity (Wildman–Crippen MR) is 61.9 cm³/mol. The van der Waals surface area contributed by atoms with E-state index in [4.69, 9.17) is 0 Å². The van der Waals surface area contributed by atoms with Crippen molar-refractivity contribution >= 4 is 5.91 Å². The summed E-state index contributed by atoms with van der Waals surface area (Å²) in [5.41, 5.74) is 0.585. The van der Waals surface area contributed by atoms with E-state index in [0.29, 0.717) is 22.3 Å². The summed E-state index contributed by atoms with van der Waals surface area (Å²) in [6.45, 7) is 4.24. The van der Waals surface area contributed by atoms with Crippen molar-refractivity contribution in [3.63, 3.8) is 0 Å². The number of nitrogens with zero attached hydrogens (tertiary/aromatic N) is 2. The highest BCUT2D eigenvalue weighted by atomic mass is 16.3. The number of rotatable bonds is 2. The summed E-state index contributed by atoms with van der Waals surface area (Å²) in [4.78, 5) is 32.8. The van der Waals surface area contributed by atoms with E-state index < -0.39 is 11.9 Å². The highest BCUT2D eigenvalue weighted by Gasteiger charge is 2.50. The lowest BCUT2D eigenvalue weighted by atomic mass is 9.75. The van der Waals surface area contributed by atoms with Gasteiger partial charge in [-0.1, -0.05) is 26.0 Å². The maximum Gasteiger partial charge on any atom is 0.362 e. The van der Waals surface area contributed by atoms with Gasteiger partial charge in [0.15, 0.2) is 0 Å². The van der Waals surface area contributed by atoms with Crippen molar-refractivity contribution in [3.8, 4) is 0 Å². The van der Waals surface area contributed by atoms with Gasteiger partial charge in [-0.25, -0.2) is 0 Å². The molecule has 1 aliphatic carbocycles. The SMILES string of the molecule is CC1CC=CC(C2=CC(C(=O)N=O)[N+]2=O)C1C. The number of amides is 1. The summed E-state index contributed by atoms with van der Waals surface area (Å²) >= 11 is 0. The first-order valence-corrected chi connectivity index (χ1v) is 5.78. The lowest BCUT2D eigenvalue weighted by molar-refractivity contribution is -0.547. The molecule has 0 aromatic heterocycles. The molecule has 0 radical (unpaired) electrons. The van der Waals surface area contributed by atoms with Crippen LogP contribution in [0.3, 0.4) is 0 Å². The lowest BCUT2D eigenvalue weighted by Gasteiger charge is -2.30. The van der Waals surface area contributed by atoms with Gasteiger partial charge < -0.3 is 0 Å². The Kier molecular flexibility index (Phi) is 3.00. The van der Waals surface area contributed by atoms with Crippen LogP contribution in [0.4, 0.5) is 0 Å². The molecular weight excluding hydrogens is 220 g/mol. The second kappa shape index (κ2) is 4.31. The van der Waals surface area contributed by atoms with E-state index in [9.17, 15) is 14.6 Å². The molecule has 4 unspecified atom stereocenters. The number of hydrogen-bond acceptors (Lipinski definition) is 3. The van der Waals surface area contributed by atoms with Gasteiger partial charge in [-0.3, -0.25) is 4.79 Å². The summed E-state index contributed by atoms with van der Waals surface area (Å²) in [7, 11) is 0. The second-order valence-corrected chi connectivity index (χ2v) is 4.82. The van der Waals surface area contributed by atoms with Gasteiger partial charge in [0.2, 0.25) is 5.70 Å². The summed E-state index contributed by atoms with van der Waals surface area (Å²) in [6, 6.07) is -1.000. The molecule has 2 rings (SSSR count). The standard InChI is InChI=1S/C12H15N2O3/c1-7-4-3-5-9(8(7)2)10-6-11(14(10)17)12(15)13-16/h3,5-9,11H,4H2,1-2H3/q+1. The third-order valence-electron chi connectivity index (χ3n) is 3.84. The maximum atomic E-state index is 11.7. The summed E-state index contributed by atoms with van der Waals surface area (Å²) < 4.78 is 0.618. The van der Waals surface area contributed by atoms with Crippen LogP contribution in [0, 0.1) is 27.6 Å². The van der Waals surface area contributed by atoms with Gasteiger partial charge in [-0.15, -0.1) is 4.91 Å². The van der Waals surface area contributed by atoms with Crippen LogP contribution in [0.15, 0.2) is 29.1 Å². The normalized spacial score (nSPS) is 36.1. The lowest BCUT2D eigenvalue weighted by Crippen LogP contribution is -2.42. The molecule has 2 aliphatic rings. The van der Waals surface area contributed by atoms with Crippen LogP contribution in [0.2, 0.25) is 0 Å². The van der Waals surface area contributed by atoms with Crippen LogP contribution in [-0.2, 0) is 4.79 Å². The number of hydrogen-bond donors (Lipinski definition) is 0. The molecule has 5 nitrogen and oxygen atoms in total. The van der Waals surface area contributed by atoms with Crippen LogP contribution < -0.4 is 0 Å². The van der Waals surface area contributed by atoms with Gasteiger partial charge in [0.25, 0.3) is 0 Å². The highest BCUT2D eigenvalue weighted by molar-refractivity contribution is 5.84. The summed E-state index contributed by atoms with van der Waals surface area (Å²) in [6.07, 6.45) is 6.65. The smallest absolute Gasteiger partial charge is 0.261 e. The fourth-order valence-electron chi connectivity index (χ4n) is 2.42. The molecule has 4 atom stereocenters. The molecular formula is C12H15N2O3+. The first-order chi connectivity index (χ1) is 8.06. The Balaban J connectivity index is 2.18. The van der Waals surface area contributed by atoms with E-state index in [2.05, 4.69) is 25.1 Å². The Hall–Kier alpha value is -1.65. The molecule has 1 heterocycles. The molecule has 17 heavy (non-hydrogen) atoms. The van der Waals surface area contributed by atoms with E-state index in [0.717, 1.165) is 6.42 Å². The number of allylic oxidation sites excluding steroid dienone is 2. The van der Waals surface area contributed by atoms with Crippen molar-refractivity contribution in [2.45, 2.75) is 26.3 Å². The minimum atomic E-state index is -1.000. The molecule has 0 saturated heterocycles. The predicted octanol–water partition coefficient (Wildman–Crippen LogP) is 2.17. The molecule has 0 saturated carbocycles. The molecule has 0 aromatic carbocycles. The van der Waals surface area contributed by atoms with Crippen LogP contribution in [0.25, 0.3) is 0 Å². The Bertz CT molecular complexity index is 439. The van der Waals surface area contributed by atoms with E-state index in [-0.39, 0.29) is 5.92 Å². The van der Waals surface area contributed by atoms with Gasteiger partial charge in [-0.2, -0.15) is 0 Å². The van der Waals surface area contributed by atoms with Crippen molar-refractivity contribution in [1.29, 1.82) is 0 Å². The summed E-state index contributed by atoms with van der Waals surface area (Å²) in [5, 5.41) is 2.28.